The van der Waals surface area contributed by atoms with E-state index in [1.807, 2.05) is 24.3 Å². The lowest BCUT2D eigenvalue weighted by Gasteiger charge is -2.32. The molecular weight excluding hydrogens is 505 g/mol. The molecule has 212 valence electrons. The molecule has 1 aliphatic carbocycles. The molecule has 0 saturated heterocycles. The number of hydrogen-bond acceptors (Lipinski definition) is 6. The Morgan fingerprint density at radius 3 is 2.41 bits per heavy atom. The SMILES string of the molecule is COCCOCCCNC(=O)OCc1ccc(C2CCCCC2C(=O)NC(C(N)=O)c2ccc(F)cc2)cc1. The molecule has 3 unspecified atom stereocenters. The fourth-order valence-corrected chi connectivity index (χ4v) is 4.74. The third kappa shape index (κ3) is 9.63. The Morgan fingerprint density at radius 2 is 1.72 bits per heavy atom. The van der Waals surface area contributed by atoms with E-state index in [0.717, 1.165) is 30.4 Å². The van der Waals surface area contributed by atoms with E-state index in [2.05, 4.69) is 10.6 Å². The number of ether oxygens (including phenoxy) is 3. The molecule has 1 fully saturated rings. The van der Waals surface area contributed by atoms with Crippen molar-refractivity contribution in [3.8, 4) is 0 Å². The summed E-state index contributed by atoms with van der Waals surface area (Å²) in [7, 11) is 1.61. The molecule has 1 aliphatic rings. The van der Waals surface area contributed by atoms with E-state index in [1.165, 1.54) is 24.3 Å². The van der Waals surface area contributed by atoms with Crippen LogP contribution in [0.3, 0.4) is 0 Å². The van der Waals surface area contributed by atoms with Crippen LogP contribution >= 0.6 is 0 Å². The molecule has 10 heteroatoms. The maximum absolute atomic E-state index is 13.3. The molecule has 39 heavy (non-hydrogen) atoms. The number of hydrogen-bond donors (Lipinski definition) is 3. The average Bonchev–Trinajstić information content (AvgIpc) is 2.95. The number of benzene rings is 2. The molecule has 0 radical (unpaired) electrons. The topological polar surface area (TPSA) is 129 Å². The van der Waals surface area contributed by atoms with Crippen LogP contribution in [0, 0.1) is 11.7 Å². The van der Waals surface area contributed by atoms with Gasteiger partial charge >= 0.3 is 6.09 Å². The van der Waals surface area contributed by atoms with Crippen LogP contribution < -0.4 is 16.4 Å². The maximum Gasteiger partial charge on any atom is 0.407 e. The minimum Gasteiger partial charge on any atom is -0.445 e. The highest BCUT2D eigenvalue weighted by Gasteiger charge is 2.34. The molecule has 1 saturated carbocycles. The first kappa shape index (κ1) is 30.0. The fraction of sp³-hybridized carbons (Fsp3) is 0.483. The van der Waals surface area contributed by atoms with Gasteiger partial charge in [-0.25, -0.2) is 9.18 Å². The van der Waals surface area contributed by atoms with Crippen LogP contribution in [-0.4, -0.2) is 51.4 Å². The minimum absolute atomic E-state index is 0.0233. The van der Waals surface area contributed by atoms with Crippen LogP contribution in [0.5, 0.6) is 0 Å². The number of carbonyl (C=O) groups excluding carboxylic acids is 3. The summed E-state index contributed by atoms with van der Waals surface area (Å²) in [6.07, 6.45) is 3.61. The van der Waals surface area contributed by atoms with Gasteiger partial charge < -0.3 is 30.6 Å². The molecule has 3 atom stereocenters. The van der Waals surface area contributed by atoms with E-state index in [0.29, 0.717) is 44.8 Å². The molecule has 2 aromatic carbocycles. The standard InChI is InChI=1S/C29H38FN3O6/c1-37-17-18-38-16-4-15-32-29(36)39-19-20-7-9-21(10-8-20)24-5-2-3-6-25(24)28(35)33-26(27(31)34)22-11-13-23(30)14-12-22/h7-14,24-26H,2-6,15-19H2,1H3,(H2,31,34)(H,32,36)(H,33,35). The largest absolute Gasteiger partial charge is 0.445 e. The van der Waals surface area contributed by atoms with Gasteiger partial charge in [0.25, 0.3) is 0 Å². The number of carbonyl (C=O) groups is 3. The van der Waals surface area contributed by atoms with E-state index >= 15 is 0 Å². The van der Waals surface area contributed by atoms with Crippen molar-refractivity contribution >= 4 is 17.9 Å². The summed E-state index contributed by atoms with van der Waals surface area (Å²) in [5.41, 5.74) is 7.83. The smallest absolute Gasteiger partial charge is 0.407 e. The Bertz CT molecular complexity index is 1060. The molecule has 2 aromatic rings. The molecule has 9 nitrogen and oxygen atoms in total. The quantitative estimate of drug-likeness (QED) is 0.312. The average molecular weight is 544 g/mol. The van der Waals surface area contributed by atoms with Crippen LogP contribution in [0.1, 0.15) is 60.8 Å². The number of methoxy groups -OCH3 is 1. The van der Waals surface area contributed by atoms with Gasteiger partial charge in [-0.2, -0.15) is 0 Å². The van der Waals surface area contributed by atoms with Crippen molar-refractivity contribution in [2.75, 3.05) is 33.5 Å². The van der Waals surface area contributed by atoms with E-state index < -0.39 is 23.9 Å². The summed E-state index contributed by atoms with van der Waals surface area (Å²) in [6.45, 7) is 2.17. The van der Waals surface area contributed by atoms with E-state index in [9.17, 15) is 18.8 Å². The molecule has 0 bridgehead atoms. The molecule has 3 amide bonds. The molecule has 4 N–H and O–H groups in total. The second-order valence-electron chi connectivity index (χ2n) is 9.60. The molecule has 0 heterocycles. The first-order valence-electron chi connectivity index (χ1n) is 13.3. The highest BCUT2D eigenvalue weighted by Crippen LogP contribution is 2.38. The summed E-state index contributed by atoms with van der Waals surface area (Å²) in [6, 6.07) is 12.0. The van der Waals surface area contributed by atoms with Crippen molar-refractivity contribution in [2.45, 2.75) is 50.7 Å². The number of alkyl carbamates (subject to hydrolysis) is 1. The second-order valence-corrected chi connectivity index (χ2v) is 9.60. The lowest BCUT2D eigenvalue weighted by Crippen LogP contribution is -2.42. The fourth-order valence-electron chi connectivity index (χ4n) is 4.74. The second kappa shape index (κ2) is 15.8. The van der Waals surface area contributed by atoms with Gasteiger partial charge in [0.05, 0.1) is 13.2 Å². The molecule has 0 aliphatic heterocycles. The third-order valence-electron chi connectivity index (χ3n) is 6.82. The summed E-state index contributed by atoms with van der Waals surface area (Å²) in [5.74, 6) is -1.74. The van der Waals surface area contributed by atoms with Gasteiger partial charge in [-0.1, -0.05) is 49.2 Å². The van der Waals surface area contributed by atoms with Gasteiger partial charge in [0.15, 0.2) is 0 Å². The Hall–Kier alpha value is -3.50. The van der Waals surface area contributed by atoms with Crippen molar-refractivity contribution < 1.29 is 33.0 Å². The normalized spacial score (nSPS) is 17.7. The lowest BCUT2D eigenvalue weighted by molar-refractivity contribution is -0.131. The van der Waals surface area contributed by atoms with E-state index in [1.54, 1.807) is 7.11 Å². The summed E-state index contributed by atoms with van der Waals surface area (Å²) in [5, 5.41) is 5.48. The van der Waals surface area contributed by atoms with Gasteiger partial charge in [-0.3, -0.25) is 9.59 Å². The number of nitrogens with two attached hydrogens (primary N) is 1. The Balaban J connectivity index is 1.52. The van der Waals surface area contributed by atoms with Crippen LogP contribution in [0.15, 0.2) is 48.5 Å². The number of nitrogens with one attached hydrogen (secondary N) is 2. The molecule has 3 rings (SSSR count). The summed E-state index contributed by atoms with van der Waals surface area (Å²) in [4.78, 5) is 37.3. The zero-order valence-electron chi connectivity index (χ0n) is 22.3. The van der Waals surface area contributed by atoms with Crippen LogP contribution in [0.4, 0.5) is 9.18 Å². The van der Waals surface area contributed by atoms with Gasteiger partial charge in [-0.15, -0.1) is 0 Å². The first-order chi connectivity index (χ1) is 18.9. The predicted molar refractivity (Wildman–Crippen MR) is 143 cm³/mol. The zero-order chi connectivity index (χ0) is 28.0. The Morgan fingerprint density at radius 1 is 1.00 bits per heavy atom. The van der Waals surface area contributed by atoms with Crippen molar-refractivity contribution in [3.63, 3.8) is 0 Å². The zero-order valence-corrected chi connectivity index (χ0v) is 22.3. The highest BCUT2D eigenvalue weighted by molar-refractivity contribution is 5.89. The highest BCUT2D eigenvalue weighted by atomic mass is 19.1. The number of primary amides is 1. The van der Waals surface area contributed by atoms with Crippen LogP contribution in [0.25, 0.3) is 0 Å². The van der Waals surface area contributed by atoms with Gasteiger partial charge in [0.2, 0.25) is 11.8 Å². The van der Waals surface area contributed by atoms with E-state index in [4.69, 9.17) is 19.9 Å². The van der Waals surface area contributed by atoms with Gasteiger partial charge in [0, 0.05) is 26.2 Å². The van der Waals surface area contributed by atoms with Gasteiger partial charge in [0.1, 0.15) is 18.5 Å². The minimum atomic E-state index is -1.03. The third-order valence-corrected chi connectivity index (χ3v) is 6.82. The van der Waals surface area contributed by atoms with Gasteiger partial charge in [-0.05, 0) is 54.0 Å². The number of amides is 3. The molecular formula is C29H38FN3O6. The lowest BCUT2D eigenvalue weighted by atomic mass is 9.74. The predicted octanol–water partition coefficient (Wildman–Crippen LogP) is 3.72. The molecule has 0 spiro atoms. The summed E-state index contributed by atoms with van der Waals surface area (Å²) >= 11 is 0. The number of halogens is 1. The van der Waals surface area contributed by atoms with E-state index in [-0.39, 0.29) is 24.3 Å². The van der Waals surface area contributed by atoms with Crippen molar-refractivity contribution in [3.05, 3.63) is 71.0 Å². The summed E-state index contributed by atoms with van der Waals surface area (Å²) < 4.78 is 28.9. The van der Waals surface area contributed by atoms with Crippen LogP contribution in [-0.2, 0) is 30.4 Å². The van der Waals surface area contributed by atoms with Crippen molar-refractivity contribution in [1.82, 2.24) is 10.6 Å². The van der Waals surface area contributed by atoms with Crippen molar-refractivity contribution in [2.24, 2.45) is 11.7 Å². The number of rotatable bonds is 14. The maximum atomic E-state index is 13.3. The molecule has 0 aromatic heterocycles. The Labute approximate surface area is 228 Å². The van der Waals surface area contributed by atoms with Crippen molar-refractivity contribution in [1.29, 1.82) is 0 Å². The first-order valence-corrected chi connectivity index (χ1v) is 13.3. The Kier molecular flexibility index (Phi) is 12.2. The van der Waals surface area contributed by atoms with Crippen LogP contribution in [0.2, 0.25) is 0 Å². The monoisotopic (exact) mass is 543 g/mol.